The summed E-state index contributed by atoms with van der Waals surface area (Å²) in [5.41, 5.74) is 8.60. The van der Waals surface area contributed by atoms with Gasteiger partial charge in [0.15, 0.2) is 13.9 Å². The molecule has 3 aliphatic carbocycles. The first-order valence-corrected chi connectivity index (χ1v) is 22.6. The van der Waals surface area contributed by atoms with Crippen LogP contribution in [0.3, 0.4) is 0 Å². The van der Waals surface area contributed by atoms with Gasteiger partial charge in [-0.1, -0.05) is 182 Å². The zero-order valence-electron chi connectivity index (χ0n) is 32.6. The Morgan fingerprint density at radius 3 is 1.36 bits per heavy atom. The van der Waals surface area contributed by atoms with Gasteiger partial charge in [-0.2, -0.15) is 15.0 Å². The average molecular weight is 774 g/mol. The fourth-order valence-corrected chi connectivity index (χ4v) is 16.4. The second-order valence-corrected chi connectivity index (χ2v) is 20.1. The summed E-state index contributed by atoms with van der Waals surface area (Å²) in [5.74, 6) is 2.21. The number of rotatable bonds is 7. The molecule has 0 N–H and O–H groups in total. The van der Waals surface area contributed by atoms with E-state index in [1.54, 1.807) is 5.57 Å². The lowest BCUT2D eigenvalue weighted by Crippen LogP contribution is -2.71. The number of hydrogen-bond acceptors (Lipinski definition) is 3. The first-order chi connectivity index (χ1) is 29.2. The molecule has 0 spiro atoms. The van der Waals surface area contributed by atoms with E-state index in [1.165, 1.54) is 21.1 Å². The molecule has 0 fully saturated rings. The minimum Gasteiger partial charge on any atom is -0.278 e. The first-order valence-electron chi connectivity index (χ1n) is 20.5. The number of hydrogen-bond donors (Lipinski definition) is 0. The van der Waals surface area contributed by atoms with Gasteiger partial charge in [-0.05, 0) is 63.3 Å². The van der Waals surface area contributed by atoms with Gasteiger partial charge < -0.3 is 0 Å². The van der Waals surface area contributed by atoms with Crippen LogP contribution in [0.5, 0.6) is 0 Å². The van der Waals surface area contributed by atoms with Crippen LogP contribution in [0.25, 0.3) is 66.9 Å². The molecule has 280 valence electrons. The van der Waals surface area contributed by atoms with Gasteiger partial charge in [-0.3, -0.25) is 9.13 Å². The number of nitrogens with zero attached hydrogens (tertiary/aromatic N) is 5. The molecule has 59 heavy (non-hydrogen) atoms. The van der Waals surface area contributed by atoms with Crippen molar-refractivity contribution in [3.8, 4) is 23.3 Å². The van der Waals surface area contributed by atoms with E-state index in [1.807, 2.05) is 0 Å². The molecule has 0 radical (unpaired) electrons. The molecule has 0 aliphatic heterocycles. The van der Waals surface area contributed by atoms with Crippen molar-refractivity contribution in [2.75, 3.05) is 0 Å². The van der Waals surface area contributed by atoms with Gasteiger partial charge in [0, 0.05) is 27.1 Å². The molecule has 5 nitrogen and oxygen atoms in total. The highest BCUT2D eigenvalue weighted by Crippen LogP contribution is 2.50. The maximum atomic E-state index is 5.46. The van der Waals surface area contributed by atoms with Crippen molar-refractivity contribution in [3.05, 3.63) is 205 Å². The van der Waals surface area contributed by atoms with E-state index in [-0.39, 0.29) is 0 Å². The molecule has 10 aromatic rings. The molecule has 7 aromatic carbocycles. The standard InChI is InChI=1S/C53H39N5Si/c1-35-31-36-32-38(33-36)50(35)59(39-18-4-2-5-19-39,40-20-6-3-7-21-40)41-22-16-17-37(34-41)51-54-52(57-46-27-12-8-23-42(46)43-24-9-13-28-47(43)57)56-53(55-51)58-48-29-14-10-25-44(48)45-26-11-15-30-49(45)58/h2-32,34-35,50H,33H2,1H3. The highest BCUT2D eigenvalue weighted by Gasteiger charge is 2.52. The van der Waals surface area contributed by atoms with Gasteiger partial charge in [0.25, 0.3) is 0 Å². The monoisotopic (exact) mass is 773 g/mol. The van der Waals surface area contributed by atoms with Crippen LogP contribution in [0.2, 0.25) is 5.54 Å². The summed E-state index contributed by atoms with van der Waals surface area (Å²) in [6, 6.07) is 66.1. The predicted molar refractivity (Wildman–Crippen MR) is 245 cm³/mol. The van der Waals surface area contributed by atoms with E-state index >= 15 is 0 Å². The summed E-state index contributed by atoms with van der Waals surface area (Å²) < 4.78 is 4.42. The van der Waals surface area contributed by atoms with Crippen molar-refractivity contribution in [2.45, 2.75) is 18.9 Å². The lowest BCUT2D eigenvalue weighted by Gasteiger charge is -2.49. The molecule has 13 rings (SSSR count). The molecule has 0 amide bonds. The van der Waals surface area contributed by atoms with E-state index in [2.05, 4.69) is 210 Å². The zero-order chi connectivity index (χ0) is 39.1. The molecular formula is C53H39N5Si. The summed E-state index contributed by atoms with van der Waals surface area (Å²) in [5, 5.41) is 8.83. The van der Waals surface area contributed by atoms with Crippen LogP contribution < -0.4 is 15.6 Å². The van der Waals surface area contributed by atoms with Gasteiger partial charge in [-0.15, -0.1) is 0 Å². The quantitative estimate of drug-likeness (QED) is 0.120. The number of allylic oxidation sites excluding steroid dienone is 4. The van der Waals surface area contributed by atoms with Crippen molar-refractivity contribution in [1.82, 2.24) is 24.1 Å². The van der Waals surface area contributed by atoms with Crippen molar-refractivity contribution >= 4 is 67.2 Å². The number of benzene rings is 7. The van der Waals surface area contributed by atoms with Crippen LogP contribution in [0, 0.1) is 5.92 Å². The second-order valence-electron chi connectivity index (χ2n) is 16.1. The Labute approximate surface area is 343 Å². The lowest BCUT2D eigenvalue weighted by atomic mass is 9.78. The Bertz CT molecular complexity index is 3060. The number of fused-ring (bicyclic) bond motifs is 8. The third kappa shape index (κ3) is 5.06. The fraction of sp³-hybridized carbons (Fsp3) is 0.0755. The second kappa shape index (κ2) is 13.2. The van der Waals surface area contributed by atoms with Crippen LogP contribution in [-0.2, 0) is 0 Å². The van der Waals surface area contributed by atoms with Crippen LogP contribution in [0.15, 0.2) is 205 Å². The van der Waals surface area contributed by atoms with E-state index in [4.69, 9.17) is 15.0 Å². The minimum absolute atomic E-state index is 0.361. The van der Waals surface area contributed by atoms with Gasteiger partial charge >= 0.3 is 0 Å². The SMILES string of the molecule is CC1C=C2C=C(C2)C1[Si](c1ccccc1)(c1ccccc1)c1cccc(-c2nc(-n3c4ccccc4c4ccccc43)nc(-n3c4ccccc4c4ccccc43)n2)c1. The lowest BCUT2D eigenvalue weighted by molar-refractivity contribution is 0.634. The third-order valence-electron chi connectivity index (χ3n) is 12.9. The van der Waals surface area contributed by atoms with Gasteiger partial charge in [0.05, 0.1) is 22.1 Å². The van der Waals surface area contributed by atoms with Gasteiger partial charge in [0.2, 0.25) is 11.9 Å². The Morgan fingerprint density at radius 1 is 0.475 bits per heavy atom. The summed E-state index contributed by atoms with van der Waals surface area (Å²) in [6.07, 6.45) is 6.06. The zero-order valence-corrected chi connectivity index (χ0v) is 33.6. The largest absolute Gasteiger partial charge is 0.278 e. The minimum atomic E-state index is -2.75. The smallest absolute Gasteiger partial charge is 0.240 e. The molecule has 2 unspecified atom stereocenters. The Hall–Kier alpha value is -7.15. The predicted octanol–water partition coefficient (Wildman–Crippen LogP) is 10.5. The molecule has 0 saturated heterocycles. The van der Waals surface area contributed by atoms with Crippen molar-refractivity contribution < 1.29 is 0 Å². The highest BCUT2D eigenvalue weighted by molar-refractivity contribution is 7.13. The fourth-order valence-electron chi connectivity index (χ4n) is 10.5. The average Bonchev–Trinajstić information content (AvgIpc) is 3.81. The summed E-state index contributed by atoms with van der Waals surface area (Å²) in [6.45, 7) is 2.43. The molecule has 0 saturated carbocycles. The third-order valence-corrected chi connectivity index (χ3v) is 18.4. The van der Waals surface area contributed by atoms with E-state index in [0.29, 0.717) is 29.2 Å². The van der Waals surface area contributed by atoms with Crippen LogP contribution >= 0.6 is 0 Å². The molecule has 3 aliphatic rings. The van der Waals surface area contributed by atoms with Crippen molar-refractivity contribution in [2.24, 2.45) is 5.92 Å². The van der Waals surface area contributed by atoms with E-state index in [0.717, 1.165) is 55.6 Å². The molecule has 6 heteroatoms. The molecular weight excluding hydrogens is 735 g/mol. The summed E-state index contributed by atoms with van der Waals surface area (Å²) in [7, 11) is -2.75. The van der Waals surface area contributed by atoms with Gasteiger partial charge in [0.1, 0.15) is 0 Å². The number of para-hydroxylation sites is 4. The first kappa shape index (κ1) is 33.9. The topological polar surface area (TPSA) is 48.5 Å². The Kier molecular flexibility index (Phi) is 7.59. The molecule has 3 aromatic heterocycles. The van der Waals surface area contributed by atoms with E-state index in [9.17, 15) is 0 Å². The maximum Gasteiger partial charge on any atom is 0.240 e. The number of aromatic nitrogens is 5. The normalized spacial score (nSPS) is 16.4. The summed E-state index contributed by atoms with van der Waals surface area (Å²) >= 11 is 0. The van der Waals surface area contributed by atoms with Crippen molar-refractivity contribution in [1.29, 1.82) is 0 Å². The Balaban J connectivity index is 1.16. The van der Waals surface area contributed by atoms with Crippen LogP contribution in [0.4, 0.5) is 0 Å². The van der Waals surface area contributed by atoms with E-state index < -0.39 is 8.07 Å². The van der Waals surface area contributed by atoms with Gasteiger partial charge in [-0.25, -0.2) is 0 Å². The van der Waals surface area contributed by atoms with Crippen LogP contribution in [-0.4, -0.2) is 32.2 Å². The molecule has 3 heterocycles. The molecule has 2 bridgehead atoms. The highest BCUT2D eigenvalue weighted by atomic mass is 28.3. The maximum absolute atomic E-state index is 5.46. The Morgan fingerprint density at radius 2 is 0.898 bits per heavy atom. The van der Waals surface area contributed by atoms with Crippen molar-refractivity contribution in [3.63, 3.8) is 0 Å². The molecule has 2 atom stereocenters. The van der Waals surface area contributed by atoms with Crippen LogP contribution in [0.1, 0.15) is 13.3 Å². The summed E-state index contributed by atoms with van der Waals surface area (Å²) in [4.78, 5) is 16.3.